The van der Waals surface area contributed by atoms with Gasteiger partial charge in [0.25, 0.3) is 11.8 Å². The maximum atomic E-state index is 12.9. The molecule has 0 atom stereocenters. The van der Waals surface area contributed by atoms with Crippen LogP contribution in [0.25, 0.3) is 6.08 Å². The van der Waals surface area contributed by atoms with E-state index in [9.17, 15) is 14.4 Å². The number of nitrogens with one attached hydrogen (secondary N) is 1. The predicted octanol–water partition coefficient (Wildman–Crippen LogP) is 3.49. The monoisotopic (exact) mass is 364 g/mol. The fourth-order valence-corrected chi connectivity index (χ4v) is 2.84. The van der Waals surface area contributed by atoms with Crippen LogP contribution in [0.2, 0.25) is 0 Å². The lowest BCUT2D eigenvalue weighted by Crippen LogP contribution is -2.54. The van der Waals surface area contributed by atoms with Gasteiger partial charge in [-0.15, -0.1) is 0 Å². The molecule has 1 fully saturated rings. The van der Waals surface area contributed by atoms with E-state index in [0.717, 1.165) is 10.5 Å². The van der Waals surface area contributed by atoms with Crippen LogP contribution in [-0.2, 0) is 9.59 Å². The number of carbonyl (C=O) groups is 3. The summed E-state index contributed by atoms with van der Waals surface area (Å²) in [5.74, 6) is -0.555. The highest BCUT2D eigenvalue weighted by molar-refractivity contribution is 6.39. The summed E-state index contributed by atoms with van der Waals surface area (Å²) in [5, 5.41) is 2.22. The average molecular weight is 364 g/mol. The van der Waals surface area contributed by atoms with E-state index in [1.165, 1.54) is 13.2 Å². The third-order valence-corrected chi connectivity index (χ3v) is 4.36. The normalized spacial score (nSPS) is 16.1. The maximum Gasteiger partial charge on any atom is 0.335 e. The Morgan fingerprint density at radius 2 is 1.67 bits per heavy atom. The van der Waals surface area contributed by atoms with Crippen molar-refractivity contribution in [2.75, 3.05) is 12.0 Å². The smallest absolute Gasteiger partial charge is 0.335 e. The molecular weight excluding hydrogens is 344 g/mol. The van der Waals surface area contributed by atoms with Gasteiger partial charge in [-0.05, 0) is 35.8 Å². The van der Waals surface area contributed by atoms with E-state index in [1.807, 2.05) is 12.1 Å². The van der Waals surface area contributed by atoms with Crippen LogP contribution in [0.5, 0.6) is 5.75 Å². The molecule has 0 radical (unpaired) electrons. The molecule has 1 saturated heterocycles. The van der Waals surface area contributed by atoms with E-state index in [4.69, 9.17) is 4.74 Å². The molecule has 0 aliphatic carbocycles. The number of ether oxygens (including phenoxy) is 1. The number of rotatable bonds is 4. The molecule has 1 heterocycles. The first kappa shape index (κ1) is 18.4. The van der Waals surface area contributed by atoms with Crippen molar-refractivity contribution >= 4 is 29.6 Å². The number of anilines is 1. The molecule has 1 aliphatic rings. The van der Waals surface area contributed by atoms with Crippen molar-refractivity contribution in [3.8, 4) is 5.75 Å². The van der Waals surface area contributed by atoms with Gasteiger partial charge >= 0.3 is 6.03 Å². The van der Waals surface area contributed by atoms with Gasteiger partial charge in [0, 0.05) is 5.56 Å². The second-order valence-electron chi connectivity index (χ2n) is 6.45. The molecule has 138 valence electrons. The van der Waals surface area contributed by atoms with Crippen molar-refractivity contribution in [2.24, 2.45) is 0 Å². The molecule has 6 nitrogen and oxygen atoms in total. The van der Waals surface area contributed by atoms with Crippen molar-refractivity contribution in [1.29, 1.82) is 0 Å². The molecule has 0 bridgehead atoms. The van der Waals surface area contributed by atoms with Gasteiger partial charge in [0.15, 0.2) is 0 Å². The van der Waals surface area contributed by atoms with Crippen LogP contribution in [0.3, 0.4) is 0 Å². The number of para-hydroxylation sites is 1. The van der Waals surface area contributed by atoms with E-state index in [1.54, 1.807) is 36.4 Å². The SMILES string of the molecule is COc1ccccc1/C=C1\C(=O)NC(=O)N(c2ccc(C(C)C)cc2)C1=O. The molecule has 0 saturated carbocycles. The number of carbonyl (C=O) groups excluding carboxylic acids is 3. The molecule has 1 N–H and O–H groups in total. The number of barbiturate groups is 1. The van der Waals surface area contributed by atoms with Crippen LogP contribution in [-0.4, -0.2) is 25.0 Å². The van der Waals surface area contributed by atoms with Crippen LogP contribution in [0.15, 0.2) is 54.1 Å². The minimum absolute atomic E-state index is 0.132. The minimum atomic E-state index is -0.764. The standard InChI is InChI=1S/C21H20N2O4/c1-13(2)14-8-10-16(11-9-14)23-20(25)17(19(24)22-21(23)26)12-15-6-4-5-7-18(15)27-3/h4-13H,1-3H3,(H,22,24,26)/b17-12+. The lowest BCUT2D eigenvalue weighted by atomic mass is 10.0. The lowest BCUT2D eigenvalue weighted by molar-refractivity contribution is -0.122. The first-order chi connectivity index (χ1) is 12.9. The van der Waals surface area contributed by atoms with E-state index in [-0.39, 0.29) is 5.57 Å². The van der Waals surface area contributed by atoms with E-state index in [0.29, 0.717) is 22.9 Å². The number of benzene rings is 2. The Kier molecular flexibility index (Phi) is 5.07. The zero-order chi connectivity index (χ0) is 19.6. The lowest BCUT2D eigenvalue weighted by Gasteiger charge is -2.26. The maximum absolute atomic E-state index is 12.9. The highest BCUT2D eigenvalue weighted by atomic mass is 16.5. The van der Waals surface area contributed by atoms with Gasteiger partial charge in [-0.3, -0.25) is 14.9 Å². The predicted molar refractivity (Wildman–Crippen MR) is 103 cm³/mol. The Morgan fingerprint density at radius 1 is 1.00 bits per heavy atom. The van der Waals surface area contributed by atoms with E-state index in [2.05, 4.69) is 19.2 Å². The summed E-state index contributed by atoms with van der Waals surface area (Å²) in [4.78, 5) is 38.4. The average Bonchev–Trinajstić information content (AvgIpc) is 2.65. The number of nitrogens with zero attached hydrogens (tertiary/aromatic N) is 1. The second-order valence-corrected chi connectivity index (χ2v) is 6.45. The first-order valence-electron chi connectivity index (χ1n) is 8.57. The molecule has 2 aromatic rings. The summed E-state index contributed by atoms with van der Waals surface area (Å²) in [7, 11) is 1.51. The highest BCUT2D eigenvalue weighted by Gasteiger charge is 2.36. The van der Waals surface area contributed by atoms with Crippen LogP contribution >= 0.6 is 0 Å². The van der Waals surface area contributed by atoms with Crippen molar-refractivity contribution in [1.82, 2.24) is 5.32 Å². The molecule has 1 aliphatic heterocycles. The van der Waals surface area contributed by atoms with Gasteiger partial charge in [-0.25, -0.2) is 9.69 Å². The molecule has 0 unspecified atom stereocenters. The fourth-order valence-electron chi connectivity index (χ4n) is 2.84. The summed E-state index contributed by atoms with van der Waals surface area (Å²) in [6.07, 6.45) is 1.43. The minimum Gasteiger partial charge on any atom is -0.496 e. The quantitative estimate of drug-likeness (QED) is 0.666. The number of urea groups is 1. The topological polar surface area (TPSA) is 75.7 Å². The summed E-state index contributed by atoms with van der Waals surface area (Å²) in [6, 6.07) is 13.4. The Balaban J connectivity index is 2.00. The van der Waals surface area contributed by atoms with Gasteiger partial charge in [-0.2, -0.15) is 0 Å². The summed E-state index contributed by atoms with van der Waals surface area (Å²) < 4.78 is 5.26. The fraction of sp³-hybridized carbons (Fsp3) is 0.190. The Morgan fingerprint density at radius 3 is 2.30 bits per heavy atom. The zero-order valence-corrected chi connectivity index (χ0v) is 15.4. The Labute approximate surface area is 157 Å². The molecule has 4 amide bonds. The molecule has 3 rings (SSSR count). The number of methoxy groups -OCH3 is 1. The Bertz CT molecular complexity index is 929. The van der Waals surface area contributed by atoms with Crippen LogP contribution in [0.1, 0.15) is 30.9 Å². The molecule has 2 aromatic carbocycles. The largest absolute Gasteiger partial charge is 0.496 e. The summed E-state index contributed by atoms with van der Waals surface area (Å²) in [6.45, 7) is 4.11. The number of hydrogen-bond acceptors (Lipinski definition) is 4. The number of hydrogen-bond donors (Lipinski definition) is 1. The highest BCUT2D eigenvalue weighted by Crippen LogP contribution is 2.26. The third kappa shape index (κ3) is 3.60. The summed E-state index contributed by atoms with van der Waals surface area (Å²) in [5.41, 5.74) is 1.93. The zero-order valence-electron chi connectivity index (χ0n) is 15.4. The second kappa shape index (κ2) is 7.45. The first-order valence-corrected chi connectivity index (χ1v) is 8.57. The summed E-state index contributed by atoms with van der Waals surface area (Å²) >= 11 is 0. The van der Waals surface area contributed by atoms with Gasteiger partial charge in [0.05, 0.1) is 12.8 Å². The van der Waals surface area contributed by atoms with Gasteiger partial charge < -0.3 is 4.74 Å². The van der Waals surface area contributed by atoms with Crippen LogP contribution < -0.4 is 15.0 Å². The van der Waals surface area contributed by atoms with Crippen molar-refractivity contribution in [2.45, 2.75) is 19.8 Å². The van der Waals surface area contributed by atoms with Crippen LogP contribution in [0, 0.1) is 0 Å². The number of amides is 4. The third-order valence-electron chi connectivity index (χ3n) is 4.36. The van der Waals surface area contributed by atoms with Crippen molar-refractivity contribution in [3.63, 3.8) is 0 Å². The molecule has 6 heteroatoms. The van der Waals surface area contributed by atoms with Crippen LogP contribution in [0.4, 0.5) is 10.5 Å². The Hall–Kier alpha value is -3.41. The molecule has 27 heavy (non-hydrogen) atoms. The number of imide groups is 2. The van der Waals surface area contributed by atoms with E-state index >= 15 is 0 Å². The van der Waals surface area contributed by atoms with Crippen molar-refractivity contribution in [3.05, 3.63) is 65.2 Å². The molecule has 0 spiro atoms. The van der Waals surface area contributed by atoms with Crippen molar-refractivity contribution < 1.29 is 19.1 Å². The van der Waals surface area contributed by atoms with Gasteiger partial charge in [0.2, 0.25) is 0 Å². The molecular formula is C21H20N2O4. The van der Waals surface area contributed by atoms with E-state index < -0.39 is 17.8 Å². The van der Waals surface area contributed by atoms with Gasteiger partial charge in [-0.1, -0.05) is 44.2 Å². The van der Waals surface area contributed by atoms with Gasteiger partial charge in [0.1, 0.15) is 11.3 Å². The molecule has 0 aromatic heterocycles.